The van der Waals surface area contributed by atoms with Gasteiger partial charge in [0.1, 0.15) is 12.1 Å². The molecule has 12 heteroatoms. The van der Waals surface area contributed by atoms with Crippen molar-refractivity contribution in [1.82, 2.24) is 16.0 Å². The second-order valence-corrected chi connectivity index (χ2v) is 5.68. The van der Waals surface area contributed by atoms with E-state index in [0.29, 0.717) is 0 Å². The van der Waals surface area contributed by atoms with Gasteiger partial charge in [-0.3, -0.25) is 24.0 Å². The molecule has 0 spiro atoms. The summed E-state index contributed by atoms with van der Waals surface area (Å²) in [5, 5.41) is 24.8. The standard InChI is InChI=1S/C14H25N5O7/c1-6(14(25)26)18-10(22)5-17-13(24)11(7(2)20)19-12(23)8(15)3-4-9(16)21/h6-8,11,20H,3-5,15H2,1-2H3,(H2,16,21)(H,17,24)(H,18,22)(H,19,23)(H,25,26). The smallest absolute Gasteiger partial charge is 0.325 e. The molecule has 0 bridgehead atoms. The van der Waals surface area contributed by atoms with Crippen LogP contribution in [0.4, 0.5) is 0 Å². The van der Waals surface area contributed by atoms with Gasteiger partial charge in [-0.1, -0.05) is 0 Å². The molecule has 12 nitrogen and oxygen atoms in total. The summed E-state index contributed by atoms with van der Waals surface area (Å²) in [6.07, 6.45) is -1.46. The molecular weight excluding hydrogens is 350 g/mol. The van der Waals surface area contributed by atoms with E-state index in [1.807, 2.05) is 0 Å². The maximum atomic E-state index is 12.0. The van der Waals surface area contributed by atoms with Crippen molar-refractivity contribution < 1.29 is 34.2 Å². The van der Waals surface area contributed by atoms with E-state index in [-0.39, 0.29) is 12.8 Å². The summed E-state index contributed by atoms with van der Waals surface area (Å²) in [5.41, 5.74) is 10.5. The summed E-state index contributed by atoms with van der Waals surface area (Å²) < 4.78 is 0. The average molecular weight is 375 g/mol. The van der Waals surface area contributed by atoms with Crippen LogP contribution in [0.25, 0.3) is 0 Å². The highest BCUT2D eigenvalue weighted by atomic mass is 16.4. The first-order valence-corrected chi connectivity index (χ1v) is 7.77. The maximum Gasteiger partial charge on any atom is 0.325 e. The third-order valence-corrected chi connectivity index (χ3v) is 3.27. The zero-order valence-electron chi connectivity index (χ0n) is 14.5. The topological polar surface area (TPSA) is 214 Å². The molecule has 0 saturated carbocycles. The van der Waals surface area contributed by atoms with Crippen LogP contribution >= 0.6 is 0 Å². The predicted molar refractivity (Wildman–Crippen MR) is 88.3 cm³/mol. The van der Waals surface area contributed by atoms with Gasteiger partial charge in [-0.25, -0.2) is 0 Å². The number of nitrogens with one attached hydrogen (secondary N) is 3. The van der Waals surface area contributed by atoms with Gasteiger partial charge in [-0.05, 0) is 20.3 Å². The Balaban J connectivity index is 4.62. The molecule has 148 valence electrons. The van der Waals surface area contributed by atoms with Crippen LogP contribution < -0.4 is 27.4 Å². The molecule has 0 aliphatic heterocycles. The second kappa shape index (κ2) is 11.0. The fraction of sp³-hybridized carbons (Fsp3) is 0.643. The van der Waals surface area contributed by atoms with Crippen molar-refractivity contribution in [1.29, 1.82) is 0 Å². The first-order chi connectivity index (χ1) is 12.0. The van der Waals surface area contributed by atoms with E-state index in [2.05, 4.69) is 16.0 Å². The Hall–Kier alpha value is -2.73. The molecule has 26 heavy (non-hydrogen) atoms. The molecular formula is C14H25N5O7. The summed E-state index contributed by atoms with van der Waals surface area (Å²) in [5.74, 6) is -4.30. The summed E-state index contributed by atoms with van der Waals surface area (Å²) in [6.45, 7) is 1.93. The number of aliphatic hydroxyl groups excluding tert-OH is 1. The summed E-state index contributed by atoms with van der Waals surface area (Å²) in [6, 6.07) is -3.65. The monoisotopic (exact) mass is 375 g/mol. The third-order valence-electron chi connectivity index (χ3n) is 3.27. The molecule has 0 rings (SSSR count). The Morgan fingerprint density at radius 1 is 1.04 bits per heavy atom. The zero-order chi connectivity index (χ0) is 20.4. The molecule has 0 aliphatic rings. The molecule has 4 unspecified atom stereocenters. The van der Waals surface area contributed by atoms with Gasteiger partial charge >= 0.3 is 5.97 Å². The number of carbonyl (C=O) groups excluding carboxylic acids is 4. The third kappa shape index (κ3) is 8.94. The molecule has 0 aromatic rings. The Morgan fingerprint density at radius 2 is 1.62 bits per heavy atom. The van der Waals surface area contributed by atoms with Gasteiger partial charge in [0.25, 0.3) is 0 Å². The Bertz CT molecular complexity index is 552. The number of carbonyl (C=O) groups is 5. The van der Waals surface area contributed by atoms with E-state index in [4.69, 9.17) is 16.6 Å². The van der Waals surface area contributed by atoms with Gasteiger partial charge in [0.2, 0.25) is 23.6 Å². The summed E-state index contributed by atoms with van der Waals surface area (Å²) >= 11 is 0. The second-order valence-electron chi connectivity index (χ2n) is 5.68. The summed E-state index contributed by atoms with van der Waals surface area (Å²) in [4.78, 5) is 56.8. The molecule has 9 N–H and O–H groups in total. The number of aliphatic hydroxyl groups is 1. The van der Waals surface area contributed by atoms with Gasteiger partial charge in [0.15, 0.2) is 0 Å². The van der Waals surface area contributed by atoms with Crippen LogP contribution in [-0.2, 0) is 24.0 Å². The van der Waals surface area contributed by atoms with Crippen molar-refractivity contribution in [3.05, 3.63) is 0 Å². The molecule has 0 saturated heterocycles. The number of rotatable bonds is 11. The van der Waals surface area contributed by atoms with Crippen molar-refractivity contribution in [3.63, 3.8) is 0 Å². The molecule has 0 aliphatic carbocycles. The summed E-state index contributed by atoms with van der Waals surface area (Å²) in [7, 11) is 0. The van der Waals surface area contributed by atoms with Gasteiger partial charge < -0.3 is 37.6 Å². The van der Waals surface area contributed by atoms with E-state index < -0.39 is 60.4 Å². The van der Waals surface area contributed by atoms with E-state index in [0.717, 1.165) is 0 Å². The average Bonchev–Trinajstić information content (AvgIpc) is 2.54. The molecule has 0 aromatic heterocycles. The molecule has 0 fully saturated rings. The highest BCUT2D eigenvalue weighted by Crippen LogP contribution is 1.98. The fourth-order valence-electron chi connectivity index (χ4n) is 1.73. The number of carboxylic acid groups (broad SMARTS) is 1. The zero-order valence-corrected chi connectivity index (χ0v) is 14.5. The fourth-order valence-corrected chi connectivity index (χ4v) is 1.73. The molecule has 4 amide bonds. The van der Waals surface area contributed by atoms with Crippen LogP contribution in [0.1, 0.15) is 26.7 Å². The lowest BCUT2D eigenvalue weighted by molar-refractivity contribution is -0.141. The Morgan fingerprint density at radius 3 is 2.08 bits per heavy atom. The predicted octanol–water partition coefficient (Wildman–Crippen LogP) is -3.85. The number of primary amides is 1. The molecule has 4 atom stereocenters. The Labute approximate surface area is 149 Å². The lowest BCUT2D eigenvalue weighted by atomic mass is 10.1. The molecule has 0 aromatic carbocycles. The molecule has 0 radical (unpaired) electrons. The highest BCUT2D eigenvalue weighted by Gasteiger charge is 2.28. The minimum atomic E-state index is -1.40. The molecule has 0 heterocycles. The Kier molecular flexibility index (Phi) is 9.84. The number of nitrogens with two attached hydrogens (primary N) is 2. The number of hydrogen-bond donors (Lipinski definition) is 7. The van der Waals surface area contributed by atoms with Crippen LogP contribution in [0.3, 0.4) is 0 Å². The van der Waals surface area contributed by atoms with Gasteiger partial charge in [-0.2, -0.15) is 0 Å². The van der Waals surface area contributed by atoms with Crippen molar-refractivity contribution in [3.8, 4) is 0 Å². The normalized spacial score (nSPS) is 15.1. The lowest BCUT2D eigenvalue weighted by Crippen LogP contribution is -2.57. The van der Waals surface area contributed by atoms with E-state index in [9.17, 15) is 29.1 Å². The van der Waals surface area contributed by atoms with E-state index in [1.54, 1.807) is 0 Å². The highest BCUT2D eigenvalue weighted by molar-refractivity contribution is 5.93. The van der Waals surface area contributed by atoms with Crippen LogP contribution in [0, 0.1) is 0 Å². The lowest BCUT2D eigenvalue weighted by Gasteiger charge is -2.22. The van der Waals surface area contributed by atoms with Crippen LogP contribution in [-0.4, -0.2) is 70.6 Å². The minimum Gasteiger partial charge on any atom is -0.480 e. The van der Waals surface area contributed by atoms with Crippen LogP contribution in [0.15, 0.2) is 0 Å². The first-order valence-electron chi connectivity index (χ1n) is 7.77. The number of amides is 4. The quantitative estimate of drug-likeness (QED) is 0.189. The van der Waals surface area contributed by atoms with Gasteiger partial charge in [-0.15, -0.1) is 0 Å². The van der Waals surface area contributed by atoms with E-state index in [1.165, 1.54) is 13.8 Å². The largest absolute Gasteiger partial charge is 0.480 e. The maximum absolute atomic E-state index is 12.0. The number of hydrogen-bond acceptors (Lipinski definition) is 7. The SMILES string of the molecule is CC(NC(=O)CNC(=O)C(NC(=O)C(N)CCC(N)=O)C(C)O)C(=O)O. The van der Waals surface area contributed by atoms with E-state index >= 15 is 0 Å². The van der Waals surface area contributed by atoms with Crippen molar-refractivity contribution >= 4 is 29.6 Å². The van der Waals surface area contributed by atoms with Crippen molar-refractivity contribution in [2.24, 2.45) is 11.5 Å². The van der Waals surface area contributed by atoms with Crippen LogP contribution in [0.5, 0.6) is 0 Å². The minimum absolute atomic E-state index is 0.0369. The van der Waals surface area contributed by atoms with Crippen molar-refractivity contribution in [2.75, 3.05) is 6.54 Å². The van der Waals surface area contributed by atoms with Gasteiger partial charge in [0, 0.05) is 6.42 Å². The van der Waals surface area contributed by atoms with Gasteiger partial charge in [0.05, 0.1) is 18.7 Å². The first kappa shape index (κ1) is 23.3. The van der Waals surface area contributed by atoms with Crippen LogP contribution in [0.2, 0.25) is 0 Å². The van der Waals surface area contributed by atoms with Crippen molar-refractivity contribution in [2.45, 2.75) is 50.9 Å². The number of carboxylic acids is 1. The number of aliphatic carboxylic acids is 1.